The Morgan fingerprint density at radius 2 is 2.18 bits per heavy atom. The predicted molar refractivity (Wildman–Crippen MR) is 91.2 cm³/mol. The zero-order chi connectivity index (χ0) is 15.1. The largest absolute Gasteiger partial charge is 0.349 e. The van der Waals surface area contributed by atoms with Crippen molar-refractivity contribution < 1.29 is 4.79 Å². The first kappa shape index (κ1) is 14.9. The summed E-state index contributed by atoms with van der Waals surface area (Å²) in [7, 11) is 0. The van der Waals surface area contributed by atoms with Crippen molar-refractivity contribution in [1.29, 1.82) is 0 Å². The minimum atomic E-state index is 0.140. The van der Waals surface area contributed by atoms with Gasteiger partial charge in [0, 0.05) is 22.1 Å². The number of carbonyl (C=O) groups is 1. The van der Waals surface area contributed by atoms with Gasteiger partial charge in [0.25, 0.3) is 0 Å². The Morgan fingerprint density at radius 1 is 1.27 bits per heavy atom. The average molecular weight is 336 g/mol. The van der Waals surface area contributed by atoms with Crippen molar-refractivity contribution >= 4 is 29.3 Å². The molecule has 0 radical (unpaired) electrons. The van der Waals surface area contributed by atoms with Crippen molar-refractivity contribution in [2.24, 2.45) is 17.8 Å². The highest BCUT2D eigenvalue weighted by atomic mass is 35.5. The van der Waals surface area contributed by atoms with Gasteiger partial charge in [-0.1, -0.05) is 18.0 Å². The van der Waals surface area contributed by atoms with E-state index in [1.807, 2.05) is 23.9 Å². The molecule has 2 fully saturated rings. The van der Waals surface area contributed by atoms with E-state index in [-0.39, 0.29) is 11.9 Å². The summed E-state index contributed by atoms with van der Waals surface area (Å²) in [5, 5.41) is 4.04. The standard InChI is InChI=1S/C18H22ClNOS/c19-14-3-4-17-15(10-14)16(5-6-22-17)20-18(21)9-13-8-11-1-2-12(13)7-11/h3-4,10-13,16H,1-2,5-9H2,(H,20,21). The summed E-state index contributed by atoms with van der Waals surface area (Å²) < 4.78 is 0. The van der Waals surface area contributed by atoms with Crippen LogP contribution in [0, 0.1) is 17.8 Å². The molecular formula is C18H22ClNOS. The van der Waals surface area contributed by atoms with Crippen LogP contribution in [0.2, 0.25) is 5.02 Å². The summed E-state index contributed by atoms with van der Waals surface area (Å²) in [5.74, 6) is 3.66. The highest BCUT2D eigenvalue weighted by Gasteiger charge is 2.40. The first-order chi connectivity index (χ1) is 10.7. The van der Waals surface area contributed by atoms with Crippen LogP contribution in [0.4, 0.5) is 0 Å². The van der Waals surface area contributed by atoms with E-state index in [0.717, 1.165) is 35.5 Å². The predicted octanol–water partition coefficient (Wildman–Crippen LogP) is 4.82. The van der Waals surface area contributed by atoms with Crippen LogP contribution in [-0.4, -0.2) is 11.7 Å². The third-order valence-electron chi connectivity index (χ3n) is 5.68. The van der Waals surface area contributed by atoms with Crippen LogP contribution in [0.5, 0.6) is 0 Å². The molecule has 2 saturated carbocycles. The number of carbonyl (C=O) groups excluding carboxylic acids is 1. The van der Waals surface area contributed by atoms with Crippen LogP contribution in [0.25, 0.3) is 0 Å². The lowest BCUT2D eigenvalue weighted by atomic mass is 9.86. The Labute approximate surface area is 141 Å². The molecule has 0 spiro atoms. The van der Waals surface area contributed by atoms with Crippen LogP contribution >= 0.6 is 23.4 Å². The fourth-order valence-corrected chi connectivity index (χ4v) is 5.92. The van der Waals surface area contributed by atoms with Crippen LogP contribution < -0.4 is 5.32 Å². The van der Waals surface area contributed by atoms with E-state index in [2.05, 4.69) is 11.4 Å². The Kier molecular flexibility index (Phi) is 4.12. The lowest BCUT2D eigenvalue weighted by molar-refractivity contribution is -0.123. The summed E-state index contributed by atoms with van der Waals surface area (Å²) >= 11 is 8.00. The van der Waals surface area contributed by atoms with E-state index < -0.39 is 0 Å². The Hall–Kier alpha value is -0.670. The third kappa shape index (κ3) is 2.90. The van der Waals surface area contributed by atoms with Gasteiger partial charge in [-0.2, -0.15) is 0 Å². The number of hydrogen-bond donors (Lipinski definition) is 1. The minimum absolute atomic E-state index is 0.140. The lowest BCUT2D eigenvalue weighted by Crippen LogP contribution is -2.32. The minimum Gasteiger partial charge on any atom is -0.349 e. The molecule has 0 aromatic heterocycles. The van der Waals surface area contributed by atoms with Gasteiger partial charge in [-0.15, -0.1) is 11.8 Å². The quantitative estimate of drug-likeness (QED) is 0.858. The van der Waals surface area contributed by atoms with E-state index in [1.165, 1.54) is 36.1 Å². The SMILES string of the molecule is O=C(CC1CC2CCC1C2)NC1CCSc2ccc(Cl)cc21. The topological polar surface area (TPSA) is 29.1 Å². The van der Waals surface area contributed by atoms with E-state index in [1.54, 1.807) is 0 Å². The van der Waals surface area contributed by atoms with Crippen LogP contribution in [0.1, 0.15) is 50.1 Å². The number of fused-ring (bicyclic) bond motifs is 3. The lowest BCUT2D eigenvalue weighted by Gasteiger charge is -2.27. The second kappa shape index (κ2) is 6.09. The second-order valence-electron chi connectivity index (χ2n) is 7.08. The molecule has 4 atom stereocenters. The van der Waals surface area contributed by atoms with Crippen LogP contribution in [0.3, 0.4) is 0 Å². The molecule has 1 amide bonds. The number of amides is 1. The molecule has 2 aliphatic carbocycles. The van der Waals surface area contributed by atoms with Gasteiger partial charge in [0.1, 0.15) is 0 Å². The van der Waals surface area contributed by atoms with Crippen molar-refractivity contribution in [2.75, 3.05) is 5.75 Å². The van der Waals surface area contributed by atoms with Gasteiger partial charge in [0.15, 0.2) is 0 Å². The van der Waals surface area contributed by atoms with Gasteiger partial charge >= 0.3 is 0 Å². The molecule has 2 nitrogen and oxygen atoms in total. The van der Waals surface area contributed by atoms with Gasteiger partial charge in [0.05, 0.1) is 6.04 Å². The summed E-state index contributed by atoms with van der Waals surface area (Å²) in [4.78, 5) is 13.8. The molecule has 0 saturated heterocycles. The maximum absolute atomic E-state index is 12.5. The third-order valence-corrected chi connectivity index (χ3v) is 7.04. The first-order valence-electron chi connectivity index (χ1n) is 8.40. The second-order valence-corrected chi connectivity index (χ2v) is 8.65. The maximum Gasteiger partial charge on any atom is 0.220 e. The number of hydrogen-bond acceptors (Lipinski definition) is 2. The Morgan fingerprint density at radius 3 is 2.95 bits per heavy atom. The molecule has 1 aromatic rings. The zero-order valence-electron chi connectivity index (χ0n) is 12.7. The maximum atomic E-state index is 12.5. The molecule has 4 unspecified atom stereocenters. The van der Waals surface area contributed by atoms with E-state index >= 15 is 0 Å². The van der Waals surface area contributed by atoms with Crippen molar-refractivity contribution in [3.05, 3.63) is 28.8 Å². The number of rotatable bonds is 3. The van der Waals surface area contributed by atoms with Crippen LogP contribution in [-0.2, 0) is 4.79 Å². The van der Waals surface area contributed by atoms with Gasteiger partial charge in [-0.3, -0.25) is 4.79 Å². The monoisotopic (exact) mass is 335 g/mol. The Bertz CT molecular complexity index is 590. The molecule has 1 N–H and O–H groups in total. The van der Waals surface area contributed by atoms with Crippen molar-refractivity contribution in [3.63, 3.8) is 0 Å². The first-order valence-corrected chi connectivity index (χ1v) is 9.77. The normalized spacial score (nSPS) is 32.8. The Balaban J connectivity index is 1.41. The molecule has 3 aliphatic rings. The molecule has 1 heterocycles. The van der Waals surface area contributed by atoms with Crippen molar-refractivity contribution in [2.45, 2.75) is 49.5 Å². The fourth-order valence-electron chi connectivity index (χ4n) is 4.63. The summed E-state index contributed by atoms with van der Waals surface area (Å²) in [6, 6.07) is 6.18. The molecule has 1 aromatic carbocycles. The summed E-state index contributed by atoms with van der Waals surface area (Å²) in [5.41, 5.74) is 1.20. The van der Waals surface area contributed by atoms with Gasteiger partial charge < -0.3 is 5.32 Å². The van der Waals surface area contributed by atoms with E-state index in [4.69, 9.17) is 11.6 Å². The number of benzene rings is 1. The van der Waals surface area contributed by atoms with Crippen LogP contribution in [0.15, 0.2) is 23.1 Å². The van der Waals surface area contributed by atoms with E-state index in [0.29, 0.717) is 5.92 Å². The molecule has 2 bridgehead atoms. The molecule has 118 valence electrons. The average Bonchev–Trinajstić information content (AvgIpc) is 3.10. The van der Waals surface area contributed by atoms with Crippen molar-refractivity contribution in [3.8, 4) is 0 Å². The summed E-state index contributed by atoms with van der Waals surface area (Å²) in [6.45, 7) is 0. The highest BCUT2D eigenvalue weighted by Crippen LogP contribution is 2.49. The molecular weight excluding hydrogens is 314 g/mol. The highest BCUT2D eigenvalue weighted by molar-refractivity contribution is 7.99. The van der Waals surface area contributed by atoms with E-state index in [9.17, 15) is 4.79 Å². The zero-order valence-corrected chi connectivity index (χ0v) is 14.3. The molecule has 22 heavy (non-hydrogen) atoms. The number of thioether (sulfide) groups is 1. The number of halogens is 1. The summed E-state index contributed by atoms with van der Waals surface area (Å²) in [6.07, 6.45) is 7.12. The van der Waals surface area contributed by atoms with Gasteiger partial charge in [-0.25, -0.2) is 0 Å². The fraction of sp³-hybridized carbons (Fsp3) is 0.611. The van der Waals surface area contributed by atoms with Gasteiger partial charge in [0.2, 0.25) is 5.91 Å². The smallest absolute Gasteiger partial charge is 0.220 e. The number of nitrogens with one attached hydrogen (secondary N) is 1. The molecule has 1 aliphatic heterocycles. The molecule has 4 heteroatoms. The van der Waals surface area contributed by atoms with Crippen molar-refractivity contribution in [1.82, 2.24) is 5.32 Å². The molecule has 4 rings (SSSR count). The van der Waals surface area contributed by atoms with Gasteiger partial charge in [-0.05, 0) is 67.2 Å².